The average molecular weight is 493 g/mol. The van der Waals surface area contributed by atoms with Crippen LogP contribution >= 0.6 is 0 Å². The van der Waals surface area contributed by atoms with Gasteiger partial charge in [0.25, 0.3) is 0 Å². The molecule has 11 heteroatoms. The van der Waals surface area contributed by atoms with Crippen LogP contribution in [0.2, 0.25) is 0 Å². The molecule has 186 valence electrons. The van der Waals surface area contributed by atoms with Crippen molar-refractivity contribution in [1.29, 1.82) is 0 Å². The fourth-order valence-electron chi connectivity index (χ4n) is 5.71. The van der Waals surface area contributed by atoms with Crippen LogP contribution in [0.15, 0.2) is 47.0 Å². The molecule has 4 atom stereocenters. The number of aromatic nitrogens is 1. The van der Waals surface area contributed by atoms with Gasteiger partial charge in [0.2, 0.25) is 11.8 Å². The molecule has 2 fully saturated rings. The Morgan fingerprint density at radius 1 is 1.11 bits per heavy atom. The second-order valence-corrected chi connectivity index (χ2v) is 9.50. The zero-order valence-electron chi connectivity index (χ0n) is 19.6. The lowest BCUT2D eigenvalue weighted by atomic mass is 9.66. The number of urea groups is 1. The van der Waals surface area contributed by atoms with Crippen LogP contribution in [0.25, 0.3) is 11.0 Å². The van der Waals surface area contributed by atoms with Crippen LogP contribution in [0, 0.1) is 5.41 Å². The Morgan fingerprint density at radius 2 is 1.83 bits per heavy atom. The minimum Gasteiger partial charge on any atom is -0.368 e. The SMILES string of the molecule is C[C@@H]1O[C@H](C)[C@@H]2N(c3cc4onc(NCc5ccccc5)c4cc3CC23C(=O)NC(=O)NC3=O)C1F. The first kappa shape index (κ1) is 22.5. The summed E-state index contributed by atoms with van der Waals surface area (Å²) in [5.41, 5.74) is 0.771. The number of hydrogen-bond donors (Lipinski definition) is 3. The molecule has 6 rings (SSSR count). The van der Waals surface area contributed by atoms with E-state index < -0.39 is 47.8 Å². The smallest absolute Gasteiger partial charge is 0.328 e. The van der Waals surface area contributed by atoms with Gasteiger partial charge in [-0.15, -0.1) is 0 Å². The maximum Gasteiger partial charge on any atom is 0.328 e. The maximum atomic E-state index is 15.8. The minimum atomic E-state index is -1.77. The van der Waals surface area contributed by atoms with E-state index in [0.717, 1.165) is 5.56 Å². The summed E-state index contributed by atoms with van der Waals surface area (Å²) >= 11 is 0. The number of rotatable bonds is 3. The summed E-state index contributed by atoms with van der Waals surface area (Å²) in [6.07, 6.45) is -3.19. The van der Waals surface area contributed by atoms with Gasteiger partial charge in [0, 0.05) is 18.3 Å². The minimum absolute atomic E-state index is 0.0531. The largest absolute Gasteiger partial charge is 0.368 e. The molecular weight excluding hydrogens is 469 g/mol. The first-order chi connectivity index (χ1) is 17.3. The predicted molar refractivity (Wildman–Crippen MR) is 127 cm³/mol. The van der Waals surface area contributed by atoms with Crippen LogP contribution in [-0.2, 0) is 27.3 Å². The summed E-state index contributed by atoms with van der Waals surface area (Å²) in [4.78, 5) is 39.9. The lowest BCUT2D eigenvalue weighted by Crippen LogP contribution is -2.76. The van der Waals surface area contributed by atoms with Gasteiger partial charge in [0.15, 0.2) is 23.1 Å². The van der Waals surface area contributed by atoms with Gasteiger partial charge in [-0.05, 0) is 37.5 Å². The normalized spacial score (nSPS) is 26.9. The van der Waals surface area contributed by atoms with E-state index in [-0.39, 0.29) is 6.42 Å². The third-order valence-corrected chi connectivity index (χ3v) is 7.32. The van der Waals surface area contributed by atoms with Gasteiger partial charge in [0.05, 0.1) is 17.5 Å². The number of nitrogens with zero attached hydrogens (tertiary/aromatic N) is 2. The van der Waals surface area contributed by atoms with E-state index in [1.165, 1.54) is 4.90 Å². The number of carbonyl (C=O) groups excluding carboxylic acids is 3. The van der Waals surface area contributed by atoms with Gasteiger partial charge in [0.1, 0.15) is 6.10 Å². The zero-order chi connectivity index (χ0) is 25.2. The maximum absolute atomic E-state index is 15.8. The Balaban J connectivity index is 1.47. The summed E-state index contributed by atoms with van der Waals surface area (Å²) in [7, 11) is 0. The highest BCUT2D eigenvalue weighted by Gasteiger charge is 2.64. The number of alkyl halides is 1. The number of fused-ring (bicyclic) bond motifs is 5. The average Bonchev–Trinajstić information content (AvgIpc) is 3.25. The summed E-state index contributed by atoms with van der Waals surface area (Å²) in [5, 5.41) is 12.4. The molecule has 1 unspecified atom stereocenters. The van der Waals surface area contributed by atoms with Crippen LogP contribution in [0.5, 0.6) is 0 Å². The van der Waals surface area contributed by atoms with Crippen molar-refractivity contribution in [3.8, 4) is 0 Å². The van der Waals surface area contributed by atoms with E-state index in [1.807, 2.05) is 30.3 Å². The van der Waals surface area contributed by atoms with Gasteiger partial charge in [-0.2, -0.15) is 0 Å². The highest BCUT2D eigenvalue weighted by atomic mass is 19.1. The molecule has 3 aliphatic heterocycles. The number of amides is 4. The molecule has 1 spiro atoms. The Kier molecular flexibility index (Phi) is 5.01. The van der Waals surface area contributed by atoms with Crippen molar-refractivity contribution in [3.63, 3.8) is 0 Å². The molecule has 2 aromatic carbocycles. The molecule has 4 heterocycles. The third-order valence-electron chi connectivity index (χ3n) is 7.32. The Hall–Kier alpha value is -3.99. The molecule has 3 aliphatic rings. The lowest BCUT2D eigenvalue weighted by Gasteiger charge is -2.56. The summed E-state index contributed by atoms with van der Waals surface area (Å²) in [6, 6.07) is 11.3. The molecule has 0 radical (unpaired) electrons. The first-order valence-electron chi connectivity index (χ1n) is 11.7. The third kappa shape index (κ3) is 3.19. The molecule has 0 bridgehead atoms. The monoisotopic (exact) mass is 493 g/mol. The molecule has 3 aromatic rings. The van der Waals surface area contributed by atoms with Crippen molar-refractivity contribution in [3.05, 3.63) is 53.6 Å². The van der Waals surface area contributed by atoms with E-state index in [0.29, 0.717) is 34.6 Å². The molecule has 36 heavy (non-hydrogen) atoms. The molecule has 3 N–H and O–H groups in total. The van der Waals surface area contributed by atoms with E-state index in [2.05, 4.69) is 21.1 Å². The number of morpholine rings is 1. The van der Waals surface area contributed by atoms with Crippen molar-refractivity contribution in [2.45, 2.75) is 51.4 Å². The van der Waals surface area contributed by atoms with Gasteiger partial charge in [-0.1, -0.05) is 35.5 Å². The number of barbiturate groups is 1. The number of benzene rings is 2. The van der Waals surface area contributed by atoms with Crippen LogP contribution in [-0.4, -0.2) is 47.5 Å². The van der Waals surface area contributed by atoms with Gasteiger partial charge in [-0.3, -0.25) is 20.2 Å². The van der Waals surface area contributed by atoms with Crippen molar-refractivity contribution >= 4 is 40.3 Å². The molecule has 0 saturated carbocycles. The quantitative estimate of drug-likeness (QED) is 0.376. The Bertz CT molecular complexity index is 1370. The second kappa shape index (κ2) is 8.02. The van der Waals surface area contributed by atoms with Crippen molar-refractivity contribution < 1.29 is 28.0 Å². The van der Waals surface area contributed by atoms with Gasteiger partial charge < -0.3 is 19.5 Å². The number of ether oxygens (including phenoxy) is 1. The van der Waals surface area contributed by atoms with Crippen molar-refractivity contribution in [2.24, 2.45) is 5.41 Å². The molecule has 1 aromatic heterocycles. The van der Waals surface area contributed by atoms with E-state index >= 15 is 4.39 Å². The molecule has 4 amide bonds. The fraction of sp³-hybridized carbons (Fsp3) is 0.360. The topological polar surface area (TPSA) is 126 Å². The first-order valence-corrected chi connectivity index (χ1v) is 11.7. The predicted octanol–water partition coefficient (Wildman–Crippen LogP) is 2.63. The number of nitrogens with one attached hydrogen (secondary N) is 3. The van der Waals surface area contributed by atoms with E-state index in [4.69, 9.17) is 9.26 Å². The number of halogens is 1. The van der Waals surface area contributed by atoms with Crippen molar-refractivity contribution in [1.82, 2.24) is 15.8 Å². The van der Waals surface area contributed by atoms with Gasteiger partial charge in [-0.25, -0.2) is 9.18 Å². The highest BCUT2D eigenvalue weighted by molar-refractivity contribution is 6.20. The zero-order valence-corrected chi connectivity index (χ0v) is 19.6. The van der Waals surface area contributed by atoms with Crippen LogP contribution in [0.1, 0.15) is 25.0 Å². The summed E-state index contributed by atoms with van der Waals surface area (Å²) < 4.78 is 27.1. The molecule has 10 nitrogen and oxygen atoms in total. The van der Waals surface area contributed by atoms with Crippen molar-refractivity contribution in [2.75, 3.05) is 10.2 Å². The summed E-state index contributed by atoms with van der Waals surface area (Å²) in [5.74, 6) is -1.06. The van der Waals surface area contributed by atoms with E-state index in [9.17, 15) is 14.4 Å². The Labute approximate surface area is 205 Å². The van der Waals surface area contributed by atoms with Crippen LogP contribution < -0.4 is 20.9 Å². The fourth-order valence-corrected chi connectivity index (χ4v) is 5.71. The summed E-state index contributed by atoms with van der Waals surface area (Å²) in [6.45, 7) is 3.80. The number of carbonyl (C=O) groups is 3. The number of hydrogen-bond acceptors (Lipinski definition) is 8. The molecule has 2 saturated heterocycles. The lowest BCUT2D eigenvalue weighted by molar-refractivity contribution is -0.159. The van der Waals surface area contributed by atoms with E-state index in [1.54, 1.807) is 26.0 Å². The van der Waals surface area contributed by atoms with Crippen LogP contribution in [0.4, 0.5) is 20.7 Å². The second-order valence-electron chi connectivity index (χ2n) is 9.50. The number of anilines is 2. The molecular formula is C25H24FN5O5. The van der Waals surface area contributed by atoms with Gasteiger partial charge >= 0.3 is 6.03 Å². The number of imide groups is 2. The Morgan fingerprint density at radius 3 is 2.56 bits per heavy atom. The standard InChI is InChI=1S/C25H24FN5O5/c1-12-19-25(22(32)28-24(34)29-23(25)33)10-15-8-16-18(9-17(15)31(19)20(26)13(2)35-12)36-30-21(16)27-11-14-6-4-3-5-7-14/h3-9,12-13,19-20H,10-11H2,1-2H3,(H,27,30)(H2,28,29,32,33,34)/t12-,13+,19+,20?/m1/s1. The molecule has 0 aliphatic carbocycles. The van der Waals surface area contributed by atoms with Crippen LogP contribution in [0.3, 0.4) is 0 Å². The highest BCUT2D eigenvalue weighted by Crippen LogP contribution is 2.49.